The largest absolute Gasteiger partial charge is 0.443 e. The van der Waals surface area contributed by atoms with Crippen LogP contribution < -0.4 is 4.90 Å². The zero-order valence-electron chi connectivity index (χ0n) is 16.0. The quantitative estimate of drug-likeness (QED) is 0.819. The fourth-order valence-electron chi connectivity index (χ4n) is 3.25. The van der Waals surface area contributed by atoms with E-state index in [1.165, 1.54) is 11.1 Å². The van der Waals surface area contributed by atoms with Crippen LogP contribution in [0.3, 0.4) is 0 Å². The Balaban J connectivity index is 1.90. The molecule has 0 N–H and O–H groups in total. The Morgan fingerprint density at radius 2 is 2.04 bits per heavy atom. The van der Waals surface area contributed by atoms with Crippen molar-refractivity contribution in [3.8, 4) is 0 Å². The average molecular weight is 341 g/mol. The number of imidazole rings is 1. The lowest BCUT2D eigenvalue weighted by Crippen LogP contribution is -2.38. The van der Waals surface area contributed by atoms with Crippen molar-refractivity contribution >= 4 is 11.8 Å². The number of aromatic nitrogens is 2. The SMILES string of the molecule is Cc1cncn1Cc1ccc2c(c1)C(C)(C)CN2C(=O)OC(C)(C)C. The third-order valence-electron chi connectivity index (χ3n) is 4.52. The third kappa shape index (κ3) is 3.55. The fraction of sp³-hybridized carbons (Fsp3) is 0.500. The Morgan fingerprint density at radius 1 is 1.32 bits per heavy atom. The van der Waals surface area contributed by atoms with E-state index in [2.05, 4.69) is 42.5 Å². The first-order chi connectivity index (χ1) is 11.6. The summed E-state index contributed by atoms with van der Waals surface area (Å²) in [6, 6.07) is 6.33. The van der Waals surface area contributed by atoms with Crippen LogP contribution in [0.25, 0.3) is 0 Å². The van der Waals surface area contributed by atoms with Crippen molar-refractivity contribution in [3.63, 3.8) is 0 Å². The topological polar surface area (TPSA) is 47.4 Å². The van der Waals surface area contributed by atoms with Gasteiger partial charge in [0.25, 0.3) is 0 Å². The van der Waals surface area contributed by atoms with Crippen LogP contribution in [-0.2, 0) is 16.7 Å². The molecule has 1 aliphatic heterocycles. The van der Waals surface area contributed by atoms with E-state index in [1.54, 1.807) is 4.90 Å². The number of benzene rings is 1. The molecule has 0 unspecified atom stereocenters. The molecule has 1 amide bonds. The van der Waals surface area contributed by atoms with E-state index in [4.69, 9.17) is 4.74 Å². The predicted molar refractivity (Wildman–Crippen MR) is 99.1 cm³/mol. The van der Waals surface area contributed by atoms with E-state index in [0.29, 0.717) is 6.54 Å². The van der Waals surface area contributed by atoms with Crippen LogP contribution in [0.15, 0.2) is 30.7 Å². The van der Waals surface area contributed by atoms with Gasteiger partial charge in [0, 0.05) is 30.4 Å². The summed E-state index contributed by atoms with van der Waals surface area (Å²) in [6.45, 7) is 13.5. The van der Waals surface area contributed by atoms with E-state index in [9.17, 15) is 4.79 Å². The van der Waals surface area contributed by atoms with Gasteiger partial charge in [-0.15, -0.1) is 0 Å². The first-order valence-corrected chi connectivity index (χ1v) is 8.67. The summed E-state index contributed by atoms with van der Waals surface area (Å²) in [5, 5.41) is 0. The minimum absolute atomic E-state index is 0.105. The number of fused-ring (bicyclic) bond motifs is 1. The Hall–Kier alpha value is -2.30. The van der Waals surface area contributed by atoms with E-state index >= 15 is 0 Å². The molecular formula is C20H27N3O2. The molecule has 5 nitrogen and oxygen atoms in total. The number of amides is 1. The van der Waals surface area contributed by atoms with Gasteiger partial charge in [-0.1, -0.05) is 26.0 Å². The molecule has 0 fully saturated rings. The molecule has 0 saturated carbocycles. The van der Waals surface area contributed by atoms with Gasteiger partial charge in [-0.25, -0.2) is 9.78 Å². The highest BCUT2D eigenvalue weighted by molar-refractivity contribution is 5.91. The monoisotopic (exact) mass is 341 g/mol. The Labute approximate surface area is 149 Å². The Kier molecular flexibility index (Phi) is 4.13. The van der Waals surface area contributed by atoms with Gasteiger partial charge in [-0.3, -0.25) is 4.90 Å². The van der Waals surface area contributed by atoms with Crippen molar-refractivity contribution in [2.75, 3.05) is 11.4 Å². The van der Waals surface area contributed by atoms with E-state index in [0.717, 1.165) is 17.9 Å². The normalized spacial score (nSPS) is 16.0. The second-order valence-corrected chi connectivity index (χ2v) is 8.46. The molecule has 0 radical (unpaired) electrons. The van der Waals surface area contributed by atoms with Gasteiger partial charge in [-0.05, 0) is 44.9 Å². The van der Waals surface area contributed by atoms with E-state index in [-0.39, 0.29) is 11.5 Å². The molecule has 3 rings (SSSR count). The molecular weight excluding hydrogens is 314 g/mol. The van der Waals surface area contributed by atoms with Crippen molar-refractivity contribution in [2.45, 2.75) is 59.1 Å². The van der Waals surface area contributed by atoms with Gasteiger partial charge in [0.15, 0.2) is 0 Å². The predicted octanol–water partition coefficient (Wildman–Crippen LogP) is 4.27. The van der Waals surface area contributed by atoms with Gasteiger partial charge >= 0.3 is 6.09 Å². The molecule has 0 spiro atoms. The lowest BCUT2D eigenvalue weighted by atomic mass is 9.86. The molecule has 2 aromatic rings. The molecule has 0 aliphatic carbocycles. The third-order valence-corrected chi connectivity index (χ3v) is 4.52. The first kappa shape index (κ1) is 17.5. The maximum Gasteiger partial charge on any atom is 0.414 e. The van der Waals surface area contributed by atoms with Gasteiger partial charge in [0.05, 0.1) is 12.0 Å². The molecule has 0 saturated heterocycles. The maximum atomic E-state index is 12.6. The van der Waals surface area contributed by atoms with Gasteiger partial charge in [0.1, 0.15) is 5.60 Å². The summed E-state index contributed by atoms with van der Waals surface area (Å²) in [5.74, 6) is 0. The number of carbonyl (C=O) groups excluding carboxylic acids is 1. The minimum Gasteiger partial charge on any atom is -0.443 e. The average Bonchev–Trinajstić information content (AvgIpc) is 2.99. The molecule has 0 atom stereocenters. The van der Waals surface area contributed by atoms with Crippen molar-refractivity contribution in [3.05, 3.63) is 47.5 Å². The van der Waals surface area contributed by atoms with Gasteiger partial charge in [-0.2, -0.15) is 0 Å². The smallest absolute Gasteiger partial charge is 0.414 e. The summed E-state index contributed by atoms with van der Waals surface area (Å²) in [5.41, 5.74) is 3.88. The van der Waals surface area contributed by atoms with Crippen molar-refractivity contribution < 1.29 is 9.53 Å². The van der Waals surface area contributed by atoms with Crippen LogP contribution >= 0.6 is 0 Å². The molecule has 134 valence electrons. The first-order valence-electron chi connectivity index (χ1n) is 8.67. The summed E-state index contributed by atoms with van der Waals surface area (Å²) >= 11 is 0. The number of hydrogen-bond donors (Lipinski definition) is 0. The van der Waals surface area contributed by atoms with E-state index < -0.39 is 5.60 Å². The second kappa shape index (κ2) is 5.90. The summed E-state index contributed by atoms with van der Waals surface area (Å²) < 4.78 is 7.70. The number of aryl methyl sites for hydroxylation is 1. The van der Waals surface area contributed by atoms with Crippen LogP contribution in [0, 0.1) is 6.92 Å². The van der Waals surface area contributed by atoms with Gasteiger partial charge in [0.2, 0.25) is 0 Å². The standard InChI is InChI=1S/C20H27N3O2/c1-14-10-21-13-22(14)11-15-7-8-17-16(9-15)20(5,6)12-23(17)18(24)25-19(2,3)4/h7-10,13H,11-12H2,1-6H3. The number of rotatable bonds is 2. The van der Waals surface area contributed by atoms with Crippen LogP contribution in [0.2, 0.25) is 0 Å². The molecule has 1 aliphatic rings. The fourth-order valence-corrected chi connectivity index (χ4v) is 3.25. The van der Waals surface area contributed by atoms with Crippen molar-refractivity contribution in [1.29, 1.82) is 0 Å². The molecule has 2 heterocycles. The number of carbonyl (C=O) groups is 1. The maximum absolute atomic E-state index is 12.6. The highest BCUT2D eigenvalue weighted by Gasteiger charge is 2.39. The zero-order valence-corrected chi connectivity index (χ0v) is 16.0. The number of anilines is 1. The summed E-state index contributed by atoms with van der Waals surface area (Å²) in [6.07, 6.45) is 3.43. The van der Waals surface area contributed by atoms with Crippen LogP contribution in [0.4, 0.5) is 10.5 Å². The molecule has 5 heteroatoms. The highest BCUT2D eigenvalue weighted by atomic mass is 16.6. The summed E-state index contributed by atoms with van der Waals surface area (Å²) in [4.78, 5) is 18.5. The highest BCUT2D eigenvalue weighted by Crippen LogP contribution is 2.41. The molecule has 1 aromatic heterocycles. The van der Waals surface area contributed by atoms with Crippen molar-refractivity contribution in [2.24, 2.45) is 0 Å². The Morgan fingerprint density at radius 3 is 2.64 bits per heavy atom. The number of nitrogens with zero attached hydrogens (tertiary/aromatic N) is 3. The van der Waals surface area contributed by atoms with Crippen molar-refractivity contribution in [1.82, 2.24) is 9.55 Å². The van der Waals surface area contributed by atoms with Crippen LogP contribution in [0.1, 0.15) is 51.4 Å². The van der Waals surface area contributed by atoms with Crippen LogP contribution in [0.5, 0.6) is 0 Å². The number of hydrogen-bond acceptors (Lipinski definition) is 3. The molecule has 25 heavy (non-hydrogen) atoms. The summed E-state index contributed by atoms with van der Waals surface area (Å²) in [7, 11) is 0. The second-order valence-electron chi connectivity index (χ2n) is 8.46. The lowest BCUT2D eigenvalue weighted by Gasteiger charge is -2.25. The number of ether oxygens (including phenoxy) is 1. The zero-order chi connectivity index (χ0) is 18.4. The van der Waals surface area contributed by atoms with Crippen LogP contribution in [-0.4, -0.2) is 27.8 Å². The molecule has 1 aromatic carbocycles. The minimum atomic E-state index is -0.497. The Bertz CT molecular complexity index is 800. The van der Waals surface area contributed by atoms with E-state index in [1.807, 2.05) is 39.4 Å². The van der Waals surface area contributed by atoms with Gasteiger partial charge < -0.3 is 9.30 Å². The molecule has 0 bridgehead atoms. The lowest BCUT2D eigenvalue weighted by molar-refractivity contribution is 0.0579.